The van der Waals surface area contributed by atoms with Crippen molar-refractivity contribution < 1.29 is 23.7 Å². The standard InChI is InChI=1S/C19H22O5S/c1-21-16-11-13(12-17(22-2)19(16)23-3)5-10-18(20)24-14-6-8-15(25-4)9-7-14/h6-9,11-12H,5,10H2,1-4H3. The molecule has 0 unspecified atom stereocenters. The summed E-state index contributed by atoms with van der Waals surface area (Å²) in [6, 6.07) is 11.1. The molecule has 0 fully saturated rings. The van der Waals surface area contributed by atoms with Crippen LogP contribution in [0.15, 0.2) is 41.3 Å². The van der Waals surface area contributed by atoms with Crippen LogP contribution in [-0.4, -0.2) is 33.6 Å². The topological polar surface area (TPSA) is 54.0 Å². The van der Waals surface area contributed by atoms with Crippen molar-refractivity contribution in [2.24, 2.45) is 0 Å². The molecule has 0 saturated heterocycles. The third-order valence-electron chi connectivity index (χ3n) is 3.63. The number of carbonyl (C=O) groups excluding carboxylic acids is 1. The van der Waals surface area contributed by atoms with Crippen molar-refractivity contribution >= 4 is 17.7 Å². The maximum absolute atomic E-state index is 12.1. The third-order valence-corrected chi connectivity index (χ3v) is 4.38. The molecule has 25 heavy (non-hydrogen) atoms. The van der Waals surface area contributed by atoms with E-state index in [1.807, 2.05) is 30.5 Å². The zero-order chi connectivity index (χ0) is 18.2. The highest BCUT2D eigenvalue weighted by Gasteiger charge is 2.14. The number of hydrogen-bond donors (Lipinski definition) is 0. The molecule has 0 aliphatic rings. The Morgan fingerprint density at radius 1 is 0.960 bits per heavy atom. The lowest BCUT2D eigenvalue weighted by Gasteiger charge is -2.14. The number of rotatable bonds is 8. The molecule has 2 rings (SSSR count). The lowest BCUT2D eigenvalue weighted by atomic mass is 10.1. The van der Waals surface area contributed by atoms with Crippen LogP contribution in [-0.2, 0) is 11.2 Å². The minimum Gasteiger partial charge on any atom is -0.493 e. The monoisotopic (exact) mass is 362 g/mol. The van der Waals surface area contributed by atoms with Crippen LogP contribution in [0.1, 0.15) is 12.0 Å². The molecule has 0 aliphatic carbocycles. The lowest BCUT2D eigenvalue weighted by Crippen LogP contribution is -2.09. The van der Waals surface area contributed by atoms with Crippen molar-refractivity contribution in [3.8, 4) is 23.0 Å². The van der Waals surface area contributed by atoms with Gasteiger partial charge in [0.25, 0.3) is 0 Å². The summed E-state index contributed by atoms with van der Waals surface area (Å²) in [6.45, 7) is 0. The molecule has 0 saturated carbocycles. The van der Waals surface area contributed by atoms with Crippen molar-refractivity contribution in [3.05, 3.63) is 42.0 Å². The first-order chi connectivity index (χ1) is 12.1. The summed E-state index contributed by atoms with van der Waals surface area (Å²) in [5.41, 5.74) is 0.907. The van der Waals surface area contributed by atoms with E-state index in [1.54, 1.807) is 45.2 Å². The van der Waals surface area contributed by atoms with Gasteiger partial charge in [0.15, 0.2) is 11.5 Å². The van der Waals surface area contributed by atoms with Crippen LogP contribution in [0, 0.1) is 0 Å². The van der Waals surface area contributed by atoms with Crippen molar-refractivity contribution in [1.29, 1.82) is 0 Å². The van der Waals surface area contributed by atoms with Gasteiger partial charge in [0.1, 0.15) is 5.75 Å². The van der Waals surface area contributed by atoms with Crippen molar-refractivity contribution in [3.63, 3.8) is 0 Å². The smallest absolute Gasteiger partial charge is 0.311 e. The highest BCUT2D eigenvalue weighted by Crippen LogP contribution is 2.38. The summed E-state index contributed by atoms with van der Waals surface area (Å²) in [5, 5.41) is 0. The molecule has 0 aliphatic heterocycles. The summed E-state index contributed by atoms with van der Waals surface area (Å²) >= 11 is 1.64. The van der Waals surface area contributed by atoms with Gasteiger partial charge in [-0.05, 0) is 54.6 Å². The first-order valence-corrected chi connectivity index (χ1v) is 8.97. The van der Waals surface area contributed by atoms with Gasteiger partial charge in [0, 0.05) is 11.3 Å². The Morgan fingerprint density at radius 2 is 1.56 bits per heavy atom. The van der Waals surface area contributed by atoms with E-state index in [4.69, 9.17) is 18.9 Å². The number of esters is 1. The second-order valence-corrected chi connectivity index (χ2v) is 6.06. The first-order valence-electron chi connectivity index (χ1n) is 7.75. The first kappa shape index (κ1) is 19.0. The predicted molar refractivity (Wildman–Crippen MR) is 98.3 cm³/mol. The third kappa shape index (κ3) is 5.06. The molecule has 2 aromatic carbocycles. The normalized spacial score (nSPS) is 10.2. The van der Waals surface area contributed by atoms with Gasteiger partial charge in [-0.25, -0.2) is 0 Å². The largest absolute Gasteiger partial charge is 0.493 e. The number of benzene rings is 2. The molecule has 5 nitrogen and oxygen atoms in total. The van der Waals surface area contributed by atoms with Crippen molar-refractivity contribution in [2.45, 2.75) is 17.7 Å². The van der Waals surface area contributed by atoms with Gasteiger partial charge in [-0.2, -0.15) is 0 Å². The molecule has 0 N–H and O–H groups in total. The van der Waals surface area contributed by atoms with Crippen LogP contribution >= 0.6 is 11.8 Å². The fraction of sp³-hybridized carbons (Fsp3) is 0.316. The SMILES string of the molecule is COc1cc(CCC(=O)Oc2ccc(SC)cc2)cc(OC)c1OC. The quantitative estimate of drug-likeness (QED) is 0.402. The molecular formula is C19H22O5S. The van der Waals surface area contributed by atoms with E-state index >= 15 is 0 Å². The van der Waals surface area contributed by atoms with Gasteiger partial charge in [-0.3, -0.25) is 4.79 Å². The molecule has 0 spiro atoms. The van der Waals surface area contributed by atoms with Gasteiger partial charge < -0.3 is 18.9 Å². The van der Waals surface area contributed by atoms with E-state index in [0.29, 0.717) is 29.4 Å². The van der Waals surface area contributed by atoms with E-state index in [9.17, 15) is 4.79 Å². The van der Waals surface area contributed by atoms with Gasteiger partial charge >= 0.3 is 5.97 Å². The fourth-order valence-electron chi connectivity index (χ4n) is 2.35. The van der Waals surface area contributed by atoms with E-state index in [2.05, 4.69) is 0 Å². The number of hydrogen-bond acceptors (Lipinski definition) is 6. The van der Waals surface area contributed by atoms with E-state index in [1.165, 1.54) is 0 Å². The molecule has 0 amide bonds. The summed E-state index contributed by atoms with van der Waals surface area (Å²) in [7, 11) is 4.68. The van der Waals surface area contributed by atoms with Crippen LogP contribution in [0.25, 0.3) is 0 Å². The zero-order valence-corrected chi connectivity index (χ0v) is 15.6. The molecule has 6 heteroatoms. The fourth-order valence-corrected chi connectivity index (χ4v) is 2.76. The van der Waals surface area contributed by atoms with Crippen LogP contribution in [0.3, 0.4) is 0 Å². The van der Waals surface area contributed by atoms with E-state index < -0.39 is 0 Å². The molecular weight excluding hydrogens is 340 g/mol. The average molecular weight is 362 g/mol. The number of ether oxygens (including phenoxy) is 4. The Bertz CT molecular complexity index is 687. The van der Waals surface area contributed by atoms with E-state index in [-0.39, 0.29) is 12.4 Å². The second-order valence-electron chi connectivity index (χ2n) is 5.18. The molecule has 0 atom stereocenters. The summed E-state index contributed by atoms with van der Waals surface area (Å²) in [4.78, 5) is 13.2. The molecule has 0 heterocycles. The molecule has 134 valence electrons. The molecule has 0 radical (unpaired) electrons. The summed E-state index contributed by atoms with van der Waals surface area (Å²) < 4.78 is 21.3. The molecule has 0 aromatic heterocycles. The number of carbonyl (C=O) groups is 1. The van der Waals surface area contributed by atoms with Gasteiger partial charge in [-0.1, -0.05) is 0 Å². The Labute approximate surface area is 152 Å². The zero-order valence-electron chi connectivity index (χ0n) is 14.8. The minimum absolute atomic E-state index is 0.253. The Balaban J connectivity index is 2.01. The number of aryl methyl sites for hydroxylation is 1. The second kappa shape index (κ2) is 9.22. The number of methoxy groups -OCH3 is 3. The highest BCUT2D eigenvalue weighted by molar-refractivity contribution is 7.98. The average Bonchev–Trinajstić information content (AvgIpc) is 2.65. The maximum atomic E-state index is 12.1. The van der Waals surface area contributed by atoms with Gasteiger partial charge in [-0.15, -0.1) is 11.8 Å². The van der Waals surface area contributed by atoms with Crippen LogP contribution in [0.2, 0.25) is 0 Å². The van der Waals surface area contributed by atoms with Crippen molar-refractivity contribution in [1.82, 2.24) is 0 Å². The van der Waals surface area contributed by atoms with Gasteiger partial charge in [0.05, 0.1) is 21.3 Å². The highest BCUT2D eigenvalue weighted by atomic mass is 32.2. The maximum Gasteiger partial charge on any atom is 0.311 e. The van der Waals surface area contributed by atoms with Crippen LogP contribution in [0.5, 0.6) is 23.0 Å². The molecule has 2 aromatic rings. The van der Waals surface area contributed by atoms with E-state index in [0.717, 1.165) is 10.5 Å². The minimum atomic E-state index is -0.286. The number of thioether (sulfide) groups is 1. The van der Waals surface area contributed by atoms with Crippen LogP contribution in [0.4, 0.5) is 0 Å². The summed E-state index contributed by atoms with van der Waals surface area (Å²) in [6.07, 6.45) is 2.76. The predicted octanol–water partition coefficient (Wildman–Crippen LogP) is 3.97. The van der Waals surface area contributed by atoms with Gasteiger partial charge in [0.2, 0.25) is 5.75 Å². The summed E-state index contributed by atoms with van der Waals surface area (Å²) in [5.74, 6) is 1.93. The Hall–Kier alpha value is -2.34. The van der Waals surface area contributed by atoms with Crippen molar-refractivity contribution in [2.75, 3.05) is 27.6 Å². The Kier molecular flexibility index (Phi) is 7.01. The van der Waals surface area contributed by atoms with Crippen LogP contribution < -0.4 is 18.9 Å². The Morgan fingerprint density at radius 3 is 2.04 bits per heavy atom. The molecule has 0 bridgehead atoms. The lowest BCUT2D eigenvalue weighted by molar-refractivity contribution is -0.134.